The molecule has 0 aliphatic heterocycles. The van der Waals surface area contributed by atoms with E-state index in [1.807, 2.05) is 12.2 Å². The average Bonchev–Trinajstić information content (AvgIpc) is 2.10. The number of carboxylic acid groups (broad SMARTS) is 2. The highest BCUT2D eigenvalue weighted by atomic mass is 16.4. The van der Waals surface area contributed by atoms with Crippen molar-refractivity contribution in [3.63, 3.8) is 0 Å². The molecule has 0 aromatic heterocycles. The first kappa shape index (κ1) is 12.7. The van der Waals surface area contributed by atoms with Gasteiger partial charge in [-0.3, -0.25) is 0 Å². The molecule has 0 aliphatic rings. The van der Waals surface area contributed by atoms with E-state index in [0.717, 1.165) is 6.42 Å². The van der Waals surface area contributed by atoms with Crippen molar-refractivity contribution < 1.29 is 24.9 Å². The van der Waals surface area contributed by atoms with Crippen LogP contribution in [0.15, 0.2) is 0 Å². The van der Waals surface area contributed by atoms with Crippen LogP contribution in [-0.4, -0.2) is 39.5 Å². The van der Waals surface area contributed by atoms with Gasteiger partial charge in [-0.25, -0.2) is 9.59 Å². The molecule has 0 aromatic carbocycles. The van der Waals surface area contributed by atoms with Gasteiger partial charge in [0.2, 0.25) is 0 Å². The molecule has 2 atom stereocenters. The van der Waals surface area contributed by atoms with Crippen LogP contribution in [0.25, 0.3) is 0 Å². The van der Waals surface area contributed by atoms with Crippen molar-refractivity contribution in [3.8, 4) is 0 Å². The third-order valence-electron chi connectivity index (χ3n) is 1.81. The number of aliphatic carboxylic acids is 1. The number of hydrogen-bond donors (Lipinski definition) is 4. The minimum absolute atomic E-state index is 0.316. The maximum Gasteiger partial charge on any atom is 0.404 e. The third kappa shape index (κ3) is 4.66. The van der Waals surface area contributed by atoms with Crippen molar-refractivity contribution in [2.24, 2.45) is 0 Å². The van der Waals surface area contributed by atoms with Crippen LogP contribution in [0.5, 0.6) is 0 Å². The standard InChI is InChI=1S/C8H15NO5/c1-2-3-4-5(9-8(13)14)6(10)7(11)12/h5-6,9-10H,2-4H2,1H3,(H,11,12)(H,13,14). The van der Waals surface area contributed by atoms with Crippen LogP contribution < -0.4 is 5.32 Å². The lowest BCUT2D eigenvalue weighted by atomic mass is 10.0. The van der Waals surface area contributed by atoms with E-state index >= 15 is 0 Å². The van der Waals surface area contributed by atoms with E-state index in [9.17, 15) is 9.59 Å². The van der Waals surface area contributed by atoms with E-state index in [1.165, 1.54) is 0 Å². The fourth-order valence-corrected chi connectivity index (χ4v) is 1.06. The van der Waals surface area contributed by atoms with Crippen LogP contribution in [0.2, 0.25) is 0 Å². The van der Waals surface area contributed by atoms with Gasteiger partial charge in [-0.05, 0) is 6.42 Å². The predicted molar refractivity (Wildman–Crippen MR) is 48.1 cm³/mol. The van der Waals surface area contributed by atoms with Crippen molar-refractivity contribution in [3.05, 3.63) is 0 Å². The zero-order valence-corrected chi connectivity index (χ0v) is 7.93. The van der Waals surface area contributed by atoms with E-state index in [4.69, 9.17) is 15.3 Å². The topological polar surface area (TPSA) is 107 Å². The summed E-state index contributed by atoms with van der Waals surface area (Å²) in [5.74, 6) is -1.42. The Bertz CT molecular complexity index is 206. The maximum absolute atomic E-state index is 10.4. The van der Waals surface area contributed by atoms with Crippen molar-refractivity contribution in [1.29, 1.82) is 0 Å². The van der Waals surface area contributed by atoms with E-state index < -0.39 is 24.2 Å². The molecule has 82 valence electrons. The van der Waals surface area contributed by atoms with Gasteiger partial charge in [0.15, 0.2) is 6.10 Å². The summed E-state index contributed by atoms with van der Waals surface area (Å²) >= 11 is 0. The van der Waals surface area contributed by atoms with Crippen molar-refractivity contribution in [2.45, 2.75) is 38.3 Å². The quantitative estimate of drug-likeness (QED) is 0.497. The molecule has 4 N–H and O–H groups in total. The smallest absolute Gasteiger partial charge is 0.404 e. The molecule has 2 unspecified atom stereocenters. The normalized spacial score (nSPS) is 14.4. The highest BCUT2D eigenvalue weighted by Crippen LogP contribution is 2.05. The van der Waals surface area contributed by atoms with E-state index in [0.29, 0.717) is 12.8 Å². The fraction of sp³-hybridized carbons (Fsp3) is 0.750. The largest absolute Gasteiger partial charge is 0.479 e. The highest BCUT2D eigenvalue weighted by molar-refractivity contribution is 5.74. The van der Waals surface area contributed by atoms with Crippen LogP contribution >= 0.6 is 0 Å². The average molecular weight is 205 g/mol. The first-order chi connectivity index (χ1) is 6.49. The van der Waals surface area contributed by atoms with E-state index in [1.54, 1.807) is 0 Å². The van der Waals surface area contributed by atoms with Crippen molar-refractivity contribution in [1.82, 2.24) is 5.32 Å². The molecule has 0 spiro atoms. The summed E-state index contributed by atoms with van der Waals surface area (Å²) in [5, 5.41) is 28.0. The first-order valence-corrected chi connectivity index (χ1v) is 4.39. The molecule has 0 radical (unpaired) electrons. The Kier molecular flexibility index (Phi) is 5.62. The Hall–Kier alpha value is -1.30. The molecular formula is C8H15NO5. The third-order valence-corrected chi connectivity index (χ3v) is 1.81. The molecule has 14 heavy (non-hydrogen) atoms. The van der Waals surface area contributed by atoms with Gasteiger partial charge in [0, 0.05) is 0 Å². The lowest BCUT2D eigenvalue weighted by Crippen LogP contribution is -2.46. The second-order valence-corrected chi connectivity index (χ2v) is 2.98. The molecule has 6 nitrogen and oxygen atoms in total. The van der Waals surface area contributed by atoms with Crippen LogP contribution in [-0.2, 0) is 4.79 Å². The number of aliphatic hydroxyl groups excluding tert-OH is 1. The molecule has 0 heterocycles. The number of rotatable bonds is 6. The Morgan fingerprint density at radius 3 is 2.29 bits per heavy atom. The monoisotopic (exact) mass is 205 g/mol. The lowest BCUT2D eigenvalue weighted by Gasteiger charge is -2.19. The Balaban J connectivity index is 4.22. The zero-order valence-electron chi connectivity index (χ0n) is 7.93. The first-order valence-electron chi connectivity index (χ1n) is 4.39. The summed E-state index contributed by atoms with van der Waals surface area (Å²) in [5.41, 5.74) is 0. The van der Waals surface area contributed by atoms with E-state index in [2.05, 4.69) is 0 Å². The van der Waals surface area contributed by atoms with E-state index in [-0.39, 0.29) is 0 Å². The Morgan fingerprint density at radius 2 is 1.93 bits per heavy atom. The van der Waals surface area contributed by atoms with Crippen LogP contribution in [0.1, 0.15) is 26.2 Å². The second kappa shape index (κ2) is 6.20. The molecule has 0 saturated heterocycles. The molecule has 0 aliphatic carbocycles. The number of amides is 1. The van der Waals surface area contributed by atoms with Gasteiger partial charge in [-0.2, -0.15) is 0 Å². The van der Waals surface area contributed by atoms with Gasteiger partial charge in [0.25, 0.3) is 0 Å². The van der Waals surface area contributed by atoms with Gasteiger partial charge in [-0.15, -0.1) is 0 Å². The summed E-state index contributed by atoms with van der Waals surface area (Å²) in [4.78, 5) is 20.7. The summed E-state index contributed by atoms with van der Waals surface area (Å²) < 4.78 is 0. The maximum atomic E-state index is 10.4. The molecule has 6 heteroatoms. The van der Waals surface area contributed by atoms with Gasteiger partial charge >= 0.3 is 12.1 Å². The minimum Gasteiger partial charge on any atom is -0.479 e. The number of aliphatic hydroxyl groups is 1. The van der Waals surface area contributed by atoms with Gasteiger partial charge < -0.3 is 20.6 Å². The van der Waals surface area contributed by atoms with Gasteiger partial charge in [-0.1, -0.05) is 19.8 Å². The number of nitrogens with one attached hydrogen (secondary N) is 1. The molecule has 0 bridgehead atoms. The summed E-state index contributed by atoms with van der Waals surface area (Å²) in [7, 11) is 0. The molecule has 0 fully saturated rings. The number of hydrogen-bond acceptors (Lipinski definition) is 3. The zero-order chi connectivity index (χ0) is 11.1. The number of carboxylic acids is 1. The predicted octanol–water partition coefficient (Wildman–Crippen LogP) is 0.258. The molecule has 0 rings (SSSR count). The van der Waals surface area contributed by atoms with Gasteiger partial charge in [0.1, 0.15) is 0 Å². The Labute approximate surface area is 81.5 Å². The molecule has 0 aromatic rings. The van der Waals surface area contributed by atoms with Crippen LogP contribution in [0.3, 0.4) is 0 Å². The van der Waals surface area contributed by atoms with Crippen LogP contribution in [0.4, 0.5) is 4.79 Å². The summed E-state index contributed by atoms with van der Waals surface area (Å²) in [6, 6.07) is -0.940. The Morgan fingerprint density at radius 1 is 1.36 bits per heavy atom. The number of unbranched alkanes of at least 4 members (excludes halogenated alkanes) is 1. The van der Waals surface area contributed by atoms with Crippen molar-refractivity contribution >= 4 is 12.1 Å². The highest BCUT2D eigenvalue weighted by Gasteiger charge is 2.26. The summed E-state index contributed by atoms with van der Waals surface area (Å²) in [6.45, 7) is 1.89. The fourth-order valence-electron chi connectivity index (χ4n) is 1.06. The lowest BCUT2D eigenvalue weighted by molar-refractivity contribution is -0.148. The summed E-state index contributed by atoms with van der Waals surface area (Å²) in [6.07, 6.45) is -1.22. The minimum atomic E-state index is -1.68. The van der Waals surface area contributed by atoms with Crippen molar-refractivity contribution in [2.75, 3.05) is 0 Å². The SMILES string of the molecule is CCCCC(NC(=O)O)C(O)C(=O)O. The molecular weight excluding hydrogens is 190 g/mol. The molecule has 1 amide bonds. The number of carbonyl (C=O) groups is 2. The molecule has 0 saturated carbocycles. The second-order valence-electron chi connectivity index (χ2n) is 2.98. The van der Waals surface area contributed by atoms with Gasteiger partial charge in [0.05, 0.1) is 6.04 Å². The van der Waals surface area contributed by atoms with Crippen LogP contribution in [0, 0.1) is 0 Å².